The van der Waals surface area contributed by atoms with E-state index < -0.39 is 16.9 Å². The maximum absolute atomic E-state index is 12.4. The minimum Gasteiger partial charge on any atom is -0.493 e. The minimum atomic E-state index is -0.799. The van der Waals surface area contributed by atoms with Crippen LogP contribution in [0.4, 0.5) is 5.69 Å². The third kappa shape index (κ3) is 5.55. The van der Waals surface area contributed by atoms with E-state index >= 15 is 0 Å². The van der Waals surface area contributed by atoms with Crippen molar-refractivity contribution in [2.45, 2.75) is 6.92 Å². The maximum atomic E-state index is 12.4. The summed E-state index contributed by atoms with van der Waals surface area (Å²) in [5.41, 5.74) is 0.261. The first-order chi connectivity index (χ1) is 13.9. The molecular formula is C20H19NO8. The Hall–Kier alpha value is -3.88. The van der Waals surface area contributed by atoms with Gasteiger partial charge in [-0.2, -0.15) is 0 Å². The molecule has 0 amide bonds. The van der Waals surface area contributed by atoms with Crippen molar-refractivity contribution in [3.8, 4) is 17.2 Å². The van der Waals surface area contributed by atoms with E-state index in [4.69, 9.17) is 14.2 Å². The van der Waals surface area contributed by atoms with Crippen LogP contribution >= 0.6 is 0 Å². The number of nitro benzene ring substituents is 1. The van der Waals surface area contributed by atoms with Crippen LogP contribution < -0.4 is 14.2 Å². The highest BCUT2D eigenvalue weighted by molar-refractivity contribution is 5.92. The van der Waals surface area contributed by atoms with Crippen LogP contribution in [-0.2, 0) is 9.53 Å². The van der Waals surface area contributed by atoms with Crippen molar-refractivity contribution in [1.29, 1.82) is 0 Å². The molecule has 2 rings (SSSR count). The molecule has 0 N–H and O–H groups in total. The second kappa shape index (κ2) is 9.88. The molecule has 0 radical (unpaired) electrons. The van der Waals surface area contributed by atoms with Gasteiger partial charge in [-0.3, -0.25) is 10.1 Å². The first-order valence-electron chi connectivity index (χ1n) is 8.47. The minimum absolute atomic E-state index is 0.0168. The summed E-state index contributed by atoms with van der Waals surface area (Å²) in [7, 11) is 2.66. The Bertz CT molecular complexity index is 951. The molecule has 0 saturated heterocycles. The summed E-state index contributed by atoms with van der Waals surface area (Å²) in [5.74, 6) is -0.896. The van der Waals surface area contributed by atoms with E-state index in [1.54, 1.807) is 19.1 Å². The van der Waals surface area contributed by atoms with E-state index in [0.29, 0.717) is 5.56 Å². The highest BCUT2D eigenvalue weighted by Crippen LogP contribution is 2.31. The molecule has 2 aromatic carbocycles. The van der Waals surface area contributed by atoms with E-state index in [1.165, 1.54) is 44.6 Å². The molecule has 9 nitrogen and oxygen atoms in total. The fourth-order valence-corrected chi connectivity index (χ4v) is 2.33. The lowest BCUT2D eigenvalue weighted by Crippen LogP contribution is -2.10. The lowest BCUT2D eigenvalue weighted by Gasteiger charge is -2.10. The number of rotatable bonds is 8. The Labute approximate surface area is 166 Å². The standard InChI is InChI=1S/C20H19NO8/c1-4-28-16-9-7-14(12-15(16)21(24)25)20(23)29-17-8-5-13(11-18(17)26-2)6-10-19(22)27-3/h5-12H,4H2,1-3H3/b10-6+. The summed E-state index contributed by atoms with van der Waals surface area (Å²) in [6.07, 6.45) is 2.75. The van der Waals surface area contributed by atoms with Crippen LogP contribution in [0.1, 0.15) is 22.8 Å². The molecule has 0 aliphatic carbocycles. The Morgan fingerprint density at radius 3 is 2.41 bits per heavy atom. The van der Waals surface area contributed by atoms with Gasteiger partial charge in [-0.1, -0.05) is 6.07 Å². The summed E-state index contributed by atoms with van der Waals surface area (Å²) < 4.78 is 20.2. The van der Waals surface area contributed by atoms with Gasteiger partial charge in [0.2, 0.25) is 0 Å². The maximum Gasteiger partial charge on any atom is 0.343 e. The third-order valence-electron chi connectivity index (χ3n) is 3.69. The number of nitrogens with zero attached hydrogens (tertiary/aromatic N) is 1. The van der Waals surface area contributed by atoms with Gasteiger partial charge in [-0.05, 0) is 42.8 Å². The van der Waals surface area contributed by atoms with Gasteiger partial charge in [0.15, 0.2) is 17.2 Å². The molecule has 152 valence electrons. The number of nitro groups is 1. The average Bonchev–Trinajstić information content (AvgIpc) is 2.72. The zero-order valence-corrected chi connectivity index (χ0v) is 16.0. The van der Waals surface area contributed by atoms with Crippen molar-refractivity contribution in [2.75, 3.05) is 20.8 Å². The fraction of sp³-hybridized carbons (Fsp3) is 0.200. The van der Waals surface area contributed by atoms with Gasteiger partial charge in [-0.15, -0.1) is 0 Å². The monoisotopic (exact) mass is 401 g/mol. The van der Waals surface area contributed by atoms with Gasteiger partial charge >= 0.3 is 17.6 Å². The van der Waals surface area contributed by atoms with E-state index in [1.807, 2.05) is 0 Å². The van der Waals surface area contributed by atoms with Crippen molar-refractivity contribution in [2.24, 2.45) is 0 Å². The molecule has 0 bridgehead atoms. The van der Waals surface area contributed by atoms with Crippen molar-refractivity contribution >= 4 is 23.7 Å². The lowest BCUT2D eigenvalue weighted by atomic mass is 10.1. The smallest absolute Gasteiger partial charge is 0.343 e. The molecular weight excluding hydrogens is 382 g/mol. The quantitative estimate of drug-likeness (QED) is 0.217. The highest BCUT2D eigenvalue weighted by Gasteiger charge is 2.20. The summed E-state index contributed by atoms with van der Waals surface area (Å²) in [5, 5.41) is 11.2. The first-order valence-corrected chi connectivity index (χ1v) is 8.47. The van der Waals surface area contributed by atoms with Crippen LogP contribution in [0.15, 0.2) is 42.5 Å². The highest BCUT2D eigenvalue weighted by atomic mass is 16.6. The SMILES string of the molecule is CCOc1ccc(C(=O)Oc2ccc(/C=C/C(=O)OC)cc2OC)cc1[N+](=O)[O-]. The second-order valence-electron chi connectivity index (χ2n) is 5.53. The van der Waals surface area contributed by atoms with Gasteiger partial charge in [0, 0.05) is 12.1 Å². The van der Waals surface area contributed by atoms with Crippen molar-refractivity contribution in [1.82, 2.24) is 0 Å². The number of methoxy groups -OCH3 is 2. The number of hydrogen-bond donors (Lipinski definition) is 0. The lowest BCUT2D eigenvalue weighted by molar-refractivity contribution is -0.385. The van der Waals surface area contributed by atoms with Gasteiger partial charge in [0.05, 0.1) is 31.3 Å². The largest absolute Gasteiger partial charge is 0.493 e. The van der Waals surface area contributed by atoms with Crippen molar-refractivity contribution in [3.63, 3.8) is 0 Å². The van der Waals surface area contributed by atoms with Crippen molar-refractivity contribution < 1.29 is 33.5 Å². The molecule has 0 aliphatic heterocycles. The second-order valence-corrected chi connectivity index (χ2v) is 5.53. The van der Waals surface area contributed by atoms with Gasteiger partial charge < -0.3 is 18.9 Å². The number of carbonyl (C=O) groups excluding carboxylic acids is 2. The molecule has 0 spiro atoms. The molecule has 0 atom stereocenters. The van der Waals surface area contributed by atoms with E-state index in [9.17, 15) is 19.7 Å². The fourth-order valence-electron chi connectivity index (χ4n) is 2.33. The molecule has 2 aromatic rings. The Balaban J connectivity index is 2.26. The summed E-state index contributed by atoms with van der Waals surface area (Å²) in [6.45, 7) is 1.95. The Morgan fingerprint density at radius 1 is 1.07 bits per heavy atom. The van der Waals surface area contributed by atoms with E-state index in [-0.39, 0.29) is 35.1 Å². The summed E-state index contributed by atoms with van der Waals surface area (Å²) in [6, 6.07) is 8.45. The zero-order valence-electron chi connectivity index (χ0n) is 16.0. The molecule has 0 aliphatic rings. The van der Waals surface area contributed by atoms with E-state index in [2.05, 4.69) is 4.74 Å². The summed E-state index contributed by atoms with van der Waals surface area (Å²) in [4.78, 5) is 34.2. The summed E-state index contributed by atoms with van der Waals surface area (Å²) >= 11 is 0. The number of benzene rings is 2. The number of esters is 2. The number of ether oxygens (including phenoxy) is 4. The molecule has 0 aromatic heterocycles. The van der Waals surface area contributed by atoms with Gasteiger partial charge in [0.1, 0.15) is 0 Å². The number of hydrogen-bond acceptors (Lipinski definition) is 8. The molecule has 29 heavy (non-hydrogen) atoms. The molecule has 0 heterocycles. The predicted octanol–water partition coefficient (Wildman–Crippen LogP) is 3.41. The van der Waals surface area contributed by atoms with Crippen LogP contribution in [0, 0.1) is 10.1 Å². The predicted molar refractivity (Wildman–Crippen MR) is 103 cm³/mol. The van der Waals surface area contributed by atoms with Crippen LogP contribution in [0.3, 0.4) is 0 Å². The topological polar surface area (TPSA) is 114 Å². The third-order valence-corrected chi connectivity index (χ3v) is 3.69. The van der Waals surface area contributed by atoms with Gasteiger partial charge in [-0.25, -0.2) is 9.59 Å². The number of carbonyl (C=O) groups is 2. The van der Waals surface area contributed by atoms with E-state index in [0.717, 1.165) is 6.07 Å². The zero-order chi connectivity index (χ0) is 21.4. The van der Waals surface area contributed by atoms with Crippen LogP contribution in [0.2, 0.25) is 0 Å². The Morgan fingerprint density at radius 2 is 1.79 bits per heavy atom. The van der Waals surface area contributed by atoms with Crippen LogP contribution in [-0.4, -0.2) is 37.7 Å². The molecule has 0 saturated carbocycles. The Kier molecular flexibility index (Phi) is 7.30. The average molecular weight is 401 g/mol. The molecule has 0 fully saturated rings. The van der Waals surface area contributed by atoms with Crippen molar-refractivity contribution in [3.05, 3.63) is 63.7 Å². The van der Waals surface area contributed by atoms with Crippen LogP contribution in [0.25, 0.3) is 6.08 Å². The first kappa shape index (κ1) is 21.4. The molecule has 9 heteroatoms. The van der Waals surface area contributed by atoms with Crippen LogP contribution in [0.5, 0.6) is 17.2 Å². The van der Waals surface area contributed by atoms with Gasteiger partial charge in [0.25, 0.3) is 0 Å². The molecule has 0 unspecified atom stereocenters. The normalized spacial score (nSPS) is 10.4.